The van der Waals surface area contributed by atoms with Crippen LogP contribution in [0.25, 0.3) is 11.3 Å². The second-order valence-electron chi connectivity index (χ2n) is 4.00. The van der Waals surface area contributed by atoms with E-state index < -0.39 is 0 Å². The fourth-order valence-electron chi connectivity index (χ4n) is 1.65. The molecule has 0 saturated carbocycles. The SMILES string of the molecule is O=C(NCCn1cncn1)c1cc(-c2ccsc2)on1. The van der Waals surface area contributed by atoms with E-state index in [-0.39, 0.29) is 11.6 Å². The maximum absolute atomic E-state index is 11.9. The molecule has 0 bridgehead atoms. The van der Waals surface area contributed by atoms with E-state index in [1.165, 1.54) is 6.33 Å². The second-order valence-corrected chi connectivity index (χ2v) is 4.78. The van der Waals surface area contributed by atoms with Crippen LogP contribution in [0.3, 0.4) is 0 Å². The molecule has 20 heavy (non-hydrogen) atoms. The third-order valence-electron chi connectivity index (χ3n) is 2.64. The molecule has 0 saturated heterocycles. The molecule has 3 rings (SSSR count). The Balaban J connectivity index is 1.57. The number of hydrogen-bond donors (Lipinski definition) is 1. The van der Waals surface area contributed by atoms with Crippen LogP contribution in [0.5, 0.6) is 0 Å². The lowest BCUT2D eigenvalue weighted by Gasteiger charge is -2.01. The number of thiophene rings is 1. The van der Waals surface area contributed by atoms with Crippen LogP contribution in [0, 0.1) is 0 Å². The average Bonchev–Trinajstić information content (AvgIpc) is 3.20. The molecular weight excluding hydrogens is 278 g/mol. The maximum Gasteiger partial charge on any atom is 0.273 e. The van der Waals surface area contributed by atoms with Crippen molar-refractivity contribution < 1.29 is 9.32 Å². The van der Waals surface area contributed by atoms with Gasteiger partial charge in [0.05, 0.1) is 6.54 Å². The largest absolute Gasteiger partial charge is 0.355 e. The lowest BCUT2D eigenvalue weighted by molar-refractivity contribution is 0.0943. The maximum atomic E-state index is 11.9. The number of nitrogens with one attached hydrogen (secondary N) is 1. The Hall–Kier alpha value is -2.48. The van der Waals surface area contributed by atoms with Crippen LogP contribution in [-0.4, -0.2) is 32.4 Å². The Kier molecular flexibility index (Phi) is 3.55. The van der Waals surface area contributed by atoms with Gasteiger partial charge in [-0.3, -0.25) is 9.48 Å². The lowest BCUT2D eigenvalue weighted by Crippen LogP contribution is -2.27. The fraction of sp³-hybridized carbons (Fsp3) is 0.167. The predicted molar refractivity (Wildman–Crippen MR) is 72.2 cm³/mol. The average molecular weight is 289 g/mol. The van der Waals surface area contributed by atoms with Gasteiger partial charge >= 0.3 is 0 Å². The van der Waals surface area contributed by atoms with E-state index in [0.717, 1.165) is 5.56 Å². The van der Waals surface area contributed by atoms with Gasteiger partial charge in [-0.25, -0.2) is 4.98 Å². The van der Waals surface area contributed by atoms with Gasteiger partial charge in [-0.15, -0.1) is 0 Å². The molecule has 8 heteroatoms. The Labute approximate surface area is 118 Å². The molecule has 0 unspecified atom stereocenters. The highest BCUT2D eigenvalue weighted by molar-refractivity contribution is 7.08. The molecule has 3 heterocycles. The summed E-state index contributed by atoms with van der Waals surface area (Å²) in [5.74, 6) is 0.322. The van der Waals surface area contributed by atoms with E-state index in [9.17, 15) is 4.79 Å². The van der Waals surface area contributed by atoms with Crippen molar-refractivity contribution in [3.8, 4) is 11.3 Å². The highest BCUT2D eigenvalue weighted by atomic mass is 32.1. The van der Waals surface area contributed by atoms with Crippen molar-refractivity contribution in [1.82, 2.24) is 25.2 Å². The Morgan fingerprint density at radius 3 is 3.20 bits per heavy atom. The predicted octanol–water partition coefficient (Wildman–Crippen LogP) is 1.42. The Morgan fingerprint density at radius 1 is 1.50 bits per heavy atom. The van der Waals surface area contributed by atoms with Crippen LogP contribution >= 0.6 is 11.3 Å². The molecule has 7 nitrogen and oxygen atoms in total. The van der Waals surface area contributed by atoms with Crippen molar-refractivity contribution in [2.45, 2.75) is 6.54 Å². The van der Waals surface area contributed by atoms with Gasteiger partial charge in [-0.1, -0.05) is 5.16 Å². The summed E-state index contributed by atoms with van der Waals surface area (Å²) in [5, 5.41) is 14.3. The van der Waals surface area contributed by atoms with Crippen LogP contribution < -0.4 is 5.32 Å². The highest BCUT2D eigenvalue weighted by Gasteiger charge is 2.13. The van der Waals surface area contributed by atoms with Gasteiger partial charge < -0.3 is 9.84 Å². The first-order chi connectivity index (χ1) is 9.83. The number of aromatic nitrogens is 4. The molecule has 0 fully saturated rings. The quantitative estimate of drug-likeness (QED) is 0.767. The number of nitrogens with zero attached hydrogens (tertiary/aromatic N) is 4. The first kappa shape index (κ1) is 12.5. The van der Waals surface area contributed by atoms with Crippen LogP contribution in [0.2, 0.25) is 0 Å². The smallest absolute Gasteiger partial charge is 0.273 e. The zero-order chi connectivity index (χ0) is 13.8. The Morgan fingerprint density at radius 2 is 2.45 bits per heavy atom. The molecule has 3 aromatic heterocycles. The van der Waals surface area contributed by atoms with Gasteiger partial charge in [0.1, 0.15) is 12.7 Å². The summed E-state index contributed by atoms with van der Waals surface area (Å²) in [6, 6.07) is 3.55. The molecule has 0 aromatic carbocycles. The molecule has 3 aromatic rings. The summed E-state index contributed by atoms with van der Waals surface area (Å²) >= 11 is 1.56. The van der Waals surface area contributed by atoms with Crippen molar-refractivity contribution in [3.63, 3.8) is 0 Å². The van der Waals surface area contributed by atoms with Crippen molar-refractivity contribution in [2.24, 2.45) is 0 Å². The molecule has 0 aliphatic carbocycles. The van der Waals surface area contributed by atoms with Crippen molar-refractivity contribution >= 4 is 17.2 Å². The van der Waals surface area contributed by atoms with E-state index in [1.54, 1.807) is 28.4 Å². The van der Waals surface area contributed by atoms with Gasteiger partial charge in [0.2, 0.25) is 0 Å². The number of rotatable bonds is 5. The molecule has 0 radical (unpaired) electrons. The molecule has 0 atom stereocenters. The zero-order valence-electron chi connectivity index (χ0n) is 10.4. The number of carbonyl (C=O) groups excluding carboxylic acids is 1. The number of carbonyl (C=O) groups is 1. The molecule has 1 N–H and O–H groups in total. The van der Waals surface area contributed by atoms with Gasteiger partial charge in [-0.2, -0.15) is 16.4 Å². The third-order valence-corrected chi connectivity index (χ3v) is 3.32. The van der Waals surface area contributed by atoms with E-state index in [4.69, 9.17) is 4.52 Å². The van der Waals surface area contributed by atoms with Crippen molar-refractivity contribution in [3.05, 3.63) is 41.2 Å². The number of hydrogen-bond acceptors (Lipinski definition) is 6. The lowest BCUT2D eigenvalue weighted by atomic mass is 10.2. The molecule has 1 amide bonds. The van der Waals surface area contributed by atoms with Gasteiger partial charge in [0.15, 0.2) is 11.5 Å². The van der Waals surface area contributed by atoms with Gasteiger partial charge in [0.25, 0.3) is 5.91 Å². The summed E-state index contributed by atoms with van der Waals surface area (Å²) in [6.07, 6.45) is 3.05. The molecular formula is C12H11N5O2S. The first-order valence-corrected chi connectivity index (χ1v) is 6.87. The highest BCUT2D eigenvalue weighted by Crippen LogP contribution is 2.22. The topological polar surface area (TPSA) is 85.8 Å². The number of amides is 1. The molecule has 0 aliphatic rings. The summed E-state index contributed by atoms with van der Waals surface area (Å²) in [4.78, 5) is 15.7. The van der Waals surface area contributed by atoms with Crippen LogP contribution in [0.1, 0.15) is 10.5 Å². The normalized spacial score (nSPS) is 10.6. The van der Waals surface area contributed by atoms with Crippen molar-refractivity contribution in [2.75, 3.05) is 6.54 Å². The Bertz CT molecular complexity index is 675. The minimum atomic E-state index is -0.268. The van der Waals surface area contributed by atoms with E-state index in [0.29, 0.717) is 18.8 Å². The van der Waals surface area contributed by atoms with E-state index >= 15 is 0 Å². The summed E-state index contributed by atoms with van der Waals surface area (Å²) in [5.41, 5.74) is 1.19. The zero-order valence-corrected chi connectivity index (χ0v) is 11.2. The van der Waals surface area contributed by atoms with E-state index in [1.807, 2.05) is 16.8 Å². The van der Waals surface area contributed by atoms with Crippen LogP contribution in [0.15, 0.2) is 40.1 Å². The minimum absolute atomic E-state index is 0.268. The third kappa shape index (κ3) is 2.75. The minimum Gasteiger partial charge on any atom is -0.355 e. The van der Waals surface area contributed by atoms with Gasteiger partial charge in [0, 0.05) is 23.6 Å². The monoisotopic (exact) mass is 289 g/mol. The molecule has 0 aliphatic heterocycles. The molecule has 0 spiro atoms. The van der Waals surface area contributed by atoms with Crippen LogP contribution in [-0.2, 0) is 6.54 Å². The van der Waals surface area contributed by atoms with E-state index in [2.05, 4.69) is 20.6 Å². The van der Waals surface area contributed by atoms with Gasteiger partial charge in [-0.05, 0) is 11.4 Å². The summed E-state index contributed by atoms with van der Waals surface area (Å²) < 4.78 is 6.79. The summed E-state index contributed by atoms with van der Waals surface area (Å²) in [6.45, 7) is 1.00. The standard InChI is InChI=1S/C12H11N5O2S/c18-12(14-2-3-17-8-13-7-15-17)10-5-11(19-16-10)9-1-4-20-6-9/h1,4-8H,2-3H2,(H,14,18). The second kappa shape index (κ2) is 5.66. The van der Waals surface area contributed by atoms with Crippen LogP contribution in [0.4, 0.5) is 0 Å². The fourth-order valence-corrected chi connectivity index (χ4v) is 2.29. The van der Waals surface area contributed by atoms with Crippen molar-refractivity contribution in [1.29, 1.82) is 0 Å². The summed E-state index contributed by atoms with van der Waals surface area (Å²) in [7, 11) is 0. The first-order valence-electron chi connectivity index (χ1n) is 5.93. The molecule has 102 valence electrons.